The van der Waals surface area contributed by atoms with E-state index in [0.29, 0.717) is 12.0 Å². The molecule has 0 radical (unpaired) electrons. The van der Waals surface area contributed by atoms with Crippen LogP contribution in [0.1, 0.15) is 45.6 Å². The molecule has 2 atom stereocenters. The molecule has 2 unspecified atom stereocenters. The molecule has 1 aromatic carbocycles. The Balaban J connectivity index is 2.17. The van der Waals surface area contributed by atoms with Gasteiger partial charge in [-0.15, -0.1) is 0 Å². The minimum absolute atomic E-state index is 0.229. The maximum absolute atomic E-state index is 6.52. The highest BCUT2D eigenvalue weighted by Gasteiger charge is 2.28. The molecule has 2 nitrogen and oxygen atoms in total. The molecule has 1 aliphatic heterocycles. The fourth-order valence-corrected chi connectivity index (χ4v) is 3.45. The van der Waals surface area contributed by atoms with Gasteiger partial charge in [0.05, 0.1) is 10.7 Å². The Kier molecular flexibility index (Phi) is 5.34. The molecular weight excluding hydrogens is 268 g/mol. The van der Waals surface area contributed by atoms with E-state index in [-0.39, 0.29) is 6.04 Å². The van der Waals surface area contributed by atoms with Crippen LogP contribution >= 0.6 is 11.6 Å². The van der Waals surface area contributed by atoms with Gasteiger partial charge in [-0.3, -0.25) is 0 Å². The quantitative estimate of drug-likeness (QED) is 0.880. The van der Waals surface area contributed by atoms with Crippen molar-refractivity contribution in [1.29, 1.82) is 0 Å². The molecule has 1 aromatic rings. The molecule has 1 saturated heterocycles. The maximum atomic E-state index is 6.52. The number of nitrogens with zero attached hydrogens (tertiary/aromatic N) is 1. The van der Waals surface area contributed by atoms with Crippen molar-refractivity contribution in [1.82, 2.24) is 0 Å². The van der Waals surface area contributed by atoms with Crippen LogP contribution in [0, 0.1) is 5.92 Å². The van der Waals surface area contributed by atoms with Gasteiger partial charge in [0, 0.05) is 18.6 Å². The van der Waals surface area contributed by atoms with Gasteiger partial charge in [-0.2, -0.15) is 0 Å². The first-order chi connectivity index (χ1) is 9.52. The van der Waals surface area contributed by atoms with E-state index in [1.165, 1.54) is 24.1 Å². The highest BCUT2D eigenvalue weighted by atomic mass is 35.5. The number of nitrogens with two attached hydrogens (primary N) is 1. The standard InChI is InChI=1S/C17H27ClN2/c1-4-14(19)10-13-7-8-17(15(18)11-13)20-9-5-6-16(20)12(2)3/h7-8,11-12,14,16H,4-6,9-10,19H2,1-3H3. The monoisotopic (exact) mass is 294 g/mol. The van der Waals surface area contributed by atoms with Gasteiger partial charge in [0.1, 0.15) is 0 Å². The third-order valence-corrected chi connectivity index (χ3v) is 4.72. The summed E-state index contributed by atoms with van der Waals surface area (Å²) in [4.78, 5) is 2.48. The highest BCUT2D eigenvalue weighted by molar-refractivity contribution is 6.33. The van der Waals surface area contributed by atoms with E-state index in [9.17, 15) is 0 Å². The fourth-order valence-electron chi connectivity index (χ4n) is 3.14. The van der Waals surface area contributed by atoms with E-state index in [2.05, 4.69) is 43.9 Å². The third-order valence-electron chi connectivity index (χ3n) is 4.41. The van der Waals surface area contributed by atoms with E-state index in [0.717, 1.165) is 24.4 Å². The van der Waals surface area contributed by atoms with Gasteiger partial charge in [0.2, 0.25) is 0 Å². The zero-order chi connectivity index (χ0) is 14.7. The van der Waals surface area contributed by atoms with Crippen molar-refractivity contribution in [3.05, 3.63) is 28.8 Å². The molecule has 0 amide bonds. The number of halogens is 1. The van der Waals surface area contributed by atoms with Crippen molar-refractivity contribution in [2.24, 2.45) is 11.7 Å². The van der Waals surface area contributed by atoms with E-state index < -0.39 is 0 Å². The van der Waals surface area contributed by atoms with Crippen molar-refractivity contribution in [2.45, 2.75) is 58.5 Å². The van der Waals surface area contributed by atoms with E-state index in [1.807, 2.05) is 0 Å². The van der Waals surface area contributed by atoms with E-state index in [4.69, 9.17) is 17.3 Å². The molecule has 0 saturated carbocycles. The van der Waals surface area contributed by atoms with Crippen LogP contribution in [-0.2, 0) is 6.42 Å². The van der Waals surface area contributed by atoms with Crippen LogP contribution in [-0.4, -0.2) is 18.6 Å². The van der Waals surface area contributed by atoms with Gasteiger partial charge in [-0.05, 0) is 49.3 Å². The molecule has 0 bridgehead atoms. The minimum Gasteiger partial charge on any atom is -0.367 e. The predicted octanol–water partition coefficient (Wildman–Crippen LogP) is 4.24. The minimum atomic E-state index is 0.229. The summed E-state index contributed by atoms with van der Waals surface area (Å²) >= 11 is 6.52. The summed E-state index contributed by atoms with van der Waals surface area (Å²) in [6, 6.07) is 7.32. The Hall–Kier alpha value is -0.730. The van der Waals surface area contributed by atoms with E-state index in [1.54, 1.807) is 0 Å². The smallest absolute Gasteiger partial charge is 0.0642 e. The van der Waals surface area contributed by atoms with E-state index >= 15 is 0 Å². The van der Waals surface area contributed by atoms with Gasteiger partial charge in [0.25, 0.3) is 0 Å². The van der Waals surface area contributed by atoms with Gasteiger partial charge < -0.3 is 10.6 Å². The lowest BCUT2D eigenvalue weighted by Crippen LogP contribution is -2.33. The second-order valence-corrected chi connectivity index (χ2v) is 6.71. The Morgan fingerprint density at radius 2 is 2.15 bits per heavy atom. The number of hydrogen-bond acceptors (Lipinski definition) is 2. The number of benzene rings is 1. The lowest BCUT2D eigenvalue weighted by atomic mass is 10.0. The van der Waals surface area contributed by atoms with Crippen molar-refractivity contribution in [3.8, 4) is 0 Å². The molecular formula is C17H27ClN2. The molecule has 20 heavy (non-hydrogen) atoms. The van der Waals surface area contributed by atoms with Gasteiger partial charge in [-0.1, -0.05) is 38.4 Å². The first-order valence-corrected chi connectivity index (χ1v) is 8.21. The van der Waals surface area contributed by atoms with Crippen LogP contribution in [0.4, 0.5) is 5.69 Å². The molecule has 1 fully saturated rings. The molecule has 3 heteroatoms. The molecule has 0 aliphatic carbocycles. The van der Waals surface area contributed by atoms with Gasteiger partial charge in [-0.25, -0.2) is 0 Å². The van der Waals surface area contributed by atoms with Crippen LogP contribution < -0.4 is 10.6 Å². The normalized spacial score (nSPS) is 20.7. The van der Waals surface area contributed by atoms with Crippen LogP contribution in [0.2, 0.25) is 5.02 Å². The lowest BCUT2D eigenvalue weighted by molar-refractivity contribution is 0.492. The highest BCUT2D eigenvalue weighted by Crippen LogP contribution is 2.35. The average molecular weight is 295 g/mol. The molecule has 0 aromatic heterocycles. The van der Waals surface area contributed by atoms with Crippen LogP contribution in [0.25, 0.3) is 0 Å². The molecule has 2 rings (SSSR count). The first kappa shape index (κ1) is 15.7. The maximum Gasteiger partial charge on any atom is 0.0642 e. The SMILES string of the molecule is CCC(N)Cc1ccc(N2CCCC2C(C)C)c(Cl)c1. The topological polar surface area (TPSA) is 29.3 Å². The fraction of sp³-hybridized carbons (Fsp3) is 0.647. The first-order valence-electron chi connectivity index (χ1n) is 7.83. The largest absolute Gasteiger partial charge is 0.367 e. The summed E-state index contributed by atoms with van der Waals surface area (Å²) in [6.45, 7) is 7.84. The summed E-state index contributed by atoms with van der Waals surface area (Å²) in [5.41, 5.74) is 8.46. The average Bonchev–Trinajstić information content (AvgIpc) is 2.88. The number of rotatable bonds is 5. The molecule has 0 spiro atoms. The zero-order valence-electron chi connectivity index (χ0n) is 12.9. The second kappa shape index (κ2) is 6.82. The predicted molar refractivity (Wildman–Crippen MR) is 88.6 cm³/mol. The van der Waals surface area contributed by atoms with Crippen LogP contribution in [0.3, 0.4) is 0 Å². The number of anilines is 1. The zero-order valence-corrected chi connectivity index (χ0v) is 13.7. The second-order valence-electron chi connectivity index (χ2n) is 6.31. The lowest BCUT2D eigenvalue weighted by Gasteiger charge is -2.30. The van der Waals surface area contributed by atoms with Crippen LogP contribution in [0.15, 0.2) is 18.2 Å². The summed E-state index contributed by atoms with van der Waals surface area (Å²) in [5.74, 6) is 0.668. The Morgan fingerprint density at radius 3 is 2.75 bits per heavy atom. The summed E-state index contributed by atoms with van der Waals surface area (Å²) in [6.07, 6.45) is 4.45. The Bertz CT molecular complexity index is 445. The Morgan fingerprint density at radius 1 is 1.40 bits per heavy atom. The van der Waals surface area contributed by atoms with Gasteiger partial charge in [0.15, 0.2) is 0 Å². The molecule has 1 aliphatic rings. The third kappa shape index (κ3) is 3.48. The summed E-state index contributed by atoms with van der Waals surface area (Å²) in [5, 5.41) is 0.873. The summed E-state index contributed by atoms with van der Waals surface area (Å²) < 4.78 is 0. The summed E-state index contributed by atoms with van der Waals surface area (Å²) in [7, 11) is 0. The van der Waals surface area contributed by atoms with Crippen molar-refractivity contribution < 1.29 is 0 Å². The molecule has 112 valence electrons. The van der Waals surface area contributed by atoms with Crippen molar-refractivity contribution in [2.75, 3.05) is 11.4 Å². The molecule has 1 heterocycles. The Labute approximate surface area is 128 Å². The number of hydrogen-bond donors (Lipinski definition) is 1. The molecule has 2 N–H and O–H groups in total. The van der Waals surface area contributed by atoms with Crippen LogP contribution in [0.5, 0.6) is 0 Å². The van der Waals surface area contributed by atoms with Gasteiger partial charge >= 0.3 is 0 Å². The van der Waals surface area contributed by atoms with Crippen molar-refractivity contribution >= 4 is 17.3 Å². The van der Waals surface area contributed by atoms with Crippen molar-refractivity contribution in [3.63, 3.8) is 0 Å².